The van der Waals surface area contributed by atoms with Crippen molar-refractivity contribution in [2.45, 2.75) is 57.8 Å². The highest BCUT2D eigenvalue weighted by Gasteiger charge is 2.61. The summed E-state index contributed by atoms with van der Waals surface area (Å²) in [5.74, 6) is 1.80. The first-order valence-electron chi connectivity index (χ1n) is 13.8. The zero-order valence-corrected chi connectivity index (χ0v) is 21.8. The number of amides is 2. The minimum Gasteiger partial charge on any atom is -0.340 e. The number of carbonyl (C=O) groups excluding carboxylic acids is 2. The average Bonchev–Trinajstić information content (AvgIpc) is 2.86. The van der Waals surface area contributed by atoms with Crippen molar-refractivity contribution in [1.82, 2.24) is 9.80 Å². The smallest absolute Gasteiger partial charge is 0.238 e. The topological polar surface area (TPSA) is 52.7 Å². The summed E-state index contributed by atoms with van der Waals surface area (Å²) in [7, 11) is 0. The number of benzene rings is 2. The summed E-state index contributed by atoms with van der Waals surface area (Å²) in [6, 6.07) is 17.1. The van der Waals surface area contributed by atoms with Crippen LogP contribution in [0.3, 0.4) is 0 Å². The zero-order chi connectivity index (χ0) is 24.9. The van der Waals surface area contributed by atoms with Gasteiger partial charge in [0.15, 0.2) is 0 Å². The van der Waals surface area contributed by atoms with Crippen molar-refractivity contribution < 1.29 is 9.59 Å². The number of nitrogens with one attached hydrogen (secondary N) is 1. The Balaban J connectivity index is 1.10. The van der Waals surface area contributed by atoms with Crippen LogP contribution in [0.1, 0.15) is 55.2 Å². The van der Waals surface area contributed by atoms with E-state index >= 15 is 0 Å². The second-order valence-electron chi connectivity index (χ2n) is 12.3. The first-order chi connectivity index (χ1) is 17.4. The standard InChI is InChI=1S/C31H39N3O2/c1-22-7-6-8-23(2)28(22)32-27(35)20-33-11-13-34(14-12-33)29(36)31-18-24-15-25(19-31)17-30(16-24,21-31)26-9-4-3-5-10-26/h3-10,24-25H,11-21H2,1-2H3,(H,32,35)/t24-,25+,30?,31?. The lowest BCUT2D eigenvalue weighted by Crippen LogP contribution is -2.61. The summed E-state index contributed by atoms with van der Waals surface area (Å²) in [4.78, 5) is 31.2. The molecule has 2 aromatic carbocycles. The molecule has 2 unspecified atom stereocenters. The Kier molecular flexibility index (Phi) is 5.94. The molecule has 5 fully saturated rings. The van der Waals surface area contributed by atoms with Crippen molar-refractivity contribution in [3.8, 4) is 0 Å². The van der Waals surface area contributed by atoms with E-state index in [-0.39, 0.29) is 16.7 Å². The second-order valence-corrected chi connectivity index (χ2v) is 12.3. The minimum absolute atomic E-state index is 0.0260. The lowest BCUT2D eigenvalue weighted by atomic mass is 9.42. The maximum atomic E-state index is 14.1. The molecule has 4 atom stereocenters. The van der Waals surface area contributed by atoms with Gasteiger partial charge >= 0.3 is 0 Å². The normalized spacial score (nSPS) is 31.4. The van der Waals surface area contributed by atoms with Gasteiger partial charge in [-0.2, -0.15) is 0 Å². The molecule has 4 aliphatic carbocycles. The number of para-hydroxylation sites is 1. The van der Waals surface area contributed by atoms with Crippen LogP contribution in [0.25, 0.3) is 0 Å². The molecule has 1 aliphatic heterocycles. The van der Waals surface area contributed by atoms with Crippen LogP contribution in [-0.4, -0.2) is 54.3 Å². The summed E-state index contributed by atoms with van der Waals surface area (Å²) < 4.78 is 0. The van der Waals surface area contributed by atoms with Gasteiger partial charge in [-0.15, -0.1) is 0 Å². The molecule has 2 amide bonds. The SMILES string of the molecule is Cc1cccc(C)c1NC(=O)CN1CCN(C(=O)C23C[C@H]4C[C@@H](C2)CC(c2ccccc2)(C4)C3)CC1. The fourth-order valence-corrected chi connectivity index (χ4v) is 8.48. The number of carbonyl (C=O) groups is 2. The van der Waals surface area contributed by atoms with E-state index in [9.17, 15) is 9.59 Å². The fourth-order valence-electron chi connectivity index (χ4n) is 8.48. The van der Waals surface area contributed by atoms with Crippen LogP contribution in [0.15, 0.2) is 48.5 Å². The number of aryl methyl sites for hydroxylation is 2. The largest absolute Gasteiger partial charge is 0.340 e. The molecule has 0 spiro atoms. The van der Waals surface area contributed by atoms with Gasteiger partial charge in [0, 0.05) is 31.9 Å². The van der Waals surface area contributed by atoms with Gasteiger partial charge in [0.1, 0.15) is 0 Å². The van der Waals surface area contributed by atoms with Crippen LogP contribution in [0, 0.1) is 31.1 Å². The molecule has 5 aliphatic rings. The van der Waals surface area contributed by atoms with E-state index in [0.29, 0.717) is 24.3 Å². The van der Waals surface area contributed by atoms with Gasteiger partial charge in [-0.05, 0) is 86.3 Å². The first kappa shape index (κ1) is 23.7. The van der Waals surface area contributed by atoms with E-state index in [0.717, 1.165) is 62.3 Å². The van der Waals surface area contributed by atoms with E-state index in [4.69, 9.17) is 0 Å². The first-order valence-corrected chi connectivity index (χ1v) is 13.8. The fraction of sp³-hybridized carbons (Fsp3) is 0.548. The number of rotatable bonds is 5. The molecule has 0 radical (unpaired) electrons. The van der Waals surface area contributed by atoms with Crippen LogP contribution < -0.4 is 5.32 Å². The predicted octanol–water partition coefficient (Wildman–Crippen LogP) is 4.92. The van der Waals surface area contributed by atoms with Gasteiger partial charge in [0.2, 0.25) is 11.8 Å². The van der Waals surface area contributed by atoms with Crippen molar-refractivity contribution in [3.63, 3.8) is 0 Å². The molecule has 4 saturated carbocycles. The molecule has 4 bridgehead atoms. The molecular formula is C31H39N3O2. The molecule has 0 aromatic heterocycles. The molecule has 190 valence electrons. The predicted molar refractivity (Wildman–Crippen MR) is 143 cm³/mol. The molecule has 36 heavy (non-hydrogen) atoms. The van der Waals surface area contributed by atoms with Crippen LogP contribution in [0.5, 0.6) is 0 Å². The highest BCUT2D eigenvalue weighted by atomic mass is 16.2. The molecular weight excluding hydrogens is 446 g/mol. The summed E-state index contributed by atoms with van der Waals surface area (Å²) in [6.45, 7) is 7.41. The molecule has 1 N–H and O–H groups in total. The Morgan fingerprint density at radius 3 is 2.14 bits per heavy atom. The van der Waals surface area contributed by atoms with Gasteiger partial charge in [-0.1, -0.05) is 48.5 Å². The van der Waals surface area contributed by atoms with E-state index in [1.807, 2.05) is 32.0 Å². The monoisotopic (exact) mass is 485 g/mol. The average molecular weight is 486 g/mol. The third-order valence-electron chi connectivity index (χ3n) is 9.67. The van der Waals surface area contributed by atoms with Gasteiger partial charge in [-0.3, -0.25) is 14.5 Å². The highest BCUT2D eigenvalue weighted by molar-refractivity contribution is 5.93. The summed E-state index contributed by atoms with van der Waals surface area (Å²) >= 11 is 0. The third-order valence-corrected chi connectivity index (χ3v) is 9.67. The van der Waals surface area contributed by atoms with E-state index in [1.165, 1.54) is 24.8 Å². The maximum absolute atomic E-state index is 14.1. The summed E-state index contributed by atoms with van der Waals surface area (Å²) in [6.07, 6.45) is 7.00. The Hall–Kier alpha value is -2.66. The molecule has 2 aromatic rings. The number of nitrogens with zero attached hydrogens (tertiary/aromatic N) is 2. The van der Waals surface area contributed by atoms with Gasteiger partial charge < -0.3 is 10.2 Å². The van der Waals surface area contributed by atoms with Crippen LogP contribution in [0.4, 0.5) is 5.69 Å². The molecule has 5 heteroatoms. The van der Waals surface area contributed by atoms with Crippen LogP contribution >= 0.6 is 0 Å². The molecule has 5 nitrogen and oxygen atoms in total. The highest BCUT2D eigenvalue weighted by Crippen LogP contribution is 2.66. The molecule has 1 saturated heterocycles. The minimum atomic E-state index is -0.179. The van der Waals surface area contributed by atoms with Crippen LogP contribution in [-0.2, 0) is 15.0 Å². The maximum Gasteiger partial charge on any atom is 0.238 e. The number of anilines is 1. The van der Waals surface area contributed by atoms with E-state index in [1.54, 1.807) is 0 Å². The Morgan fingerprint density at radius 2 is 1.50 bits per heavy atom. The van der Waals surface area contributed by atoms with Gasteiger partial charge in [0.05, 0.1) is 12.0 Å². The second kappa shape index (κ2) is 9.02. The Labute approximate surface area is 215 Å². The van der Waals surface area contributed by atoms with Gasteiger partial charge in [0.25, 0.3) is 0 Å². The van der Waals surface area contributed by atoms with Gasteiger partial charge in [-0.25, -0.2) is 0 Å². The number of hydrogen-bond donors (Lipinski definition) is 1. The van der Waals surface area contributed by atoms with Crippen LogP contribution in [0.2, 0.25) is 0 Å². The van der Waals surface area contributed by atoms with Crippen molar-refractivity contribution in [3.05, 3.63) is 65.2 Å². The summed E-state index contributed by atoms with van der Waals surface area (Å²) in [5, 5.41) is 3.11. The van der Waals surface area contributed by atoms with Crippen molar-refractivity contribution in [2.24, 2.45) is 17.3 Å². The van der Waals surface area contributed by atoms with E-state index in [2.05, 4.69) is 45.4 Å². The number of hydrogen-bond acceptors (Lipinski definition) is 3. The Bertz CT molecular complexity index is 1120. The quantitative estimate of drug-likeness (QED) is 0.654. The third kappa shape index (κ3) is 4.15. The summed E-state index contributed by atoms with van der Waals surface area (Å²) in [5.41, 5.74) is 4.56. The lowest BCUT2D eigenvalue weighted by molar-refractivity contribution is -0.162. The van der Waals surface area contributed by atoms with Crippen molar-refractivity contribution in [2.75, 3.05) is 38.0 Å². The van der Waals surface area contributed by atoms with E-state index < -0.39 is 0 Å². The molecule has 1 heterocycles. The molecule has 7 rings (SSSR count). The van der Waals surface area contributed by atoms with Crippen molar-refractivity contribution >= 4 is 17.5 Å². The number of piperazine rings is 1. The lowest BCUT2D eigenvalue weighted by Gasteiger charge is -2.62. The van der Waals surface area contributed by atoms with Crippen molar-refractivity contribution in [1.29, 1.82) is 0 Å². The zero-order valence-electron chi connectivity index (χ0n) is 21.8. The Morgan fingerprint density at radius 1 is 0.861 bits per heavy atom.